The van der Waals surface area contributed by atoms with Crippen LogP contribution in [0.3, 0.4) is 0 Å². The Morgan fingerprint density at radius 3 is 2.96 bits per heavy atom. The number of nitrogens with zero attached hydrogens (tertiary/aromatic N) is 3. The van der Waals surface area contributed by atoms with Gasteiger partial charge in [-0.25, -0.2) is 5.01 Å². The first-order valence-corrected chi connectivity index (χ1v) is 8.36. The van der Waals surface area contributed by atoms with E-state index in [-0.39, 0.29) is 11.9 Å². The molecule has 3 aromatic rings. The van der Waals surface area contributed by atoms with Crippen molar-refractivity contribution in [2.75, 3.05) is 0 Å². The average Bonchev–Trinajstić information content (AvgIpc) is 3.23. The minimum Gasteiger partial charge on any atom is -0.273 e. The SMILES string of the molecule is CC(=O)N1N=C(c2cccs2)C[C@@H]1c1ccc2ncccc2c1. The Morgan fingerprint density at radius 1 is 1.26 bits per heavy atom. The maximum Gasteiger partial charge on any atom is 0.240 e. The quantitative estimate of drug-likeness (QED) is 0.716. The molecule has 0 fully saturated rings. The number of carbonyl (C=O) groups is 1. The molecule has 4 rings (SSSR count). The smallest absolute Gasteiger partial charge is 0.240 e. The summed E-state index contributed by atoms with van der Waals surface area (Å²) >= 11 is 1.65. The zero-order chi connectivity index (χ0) is 15.8. The van der Waals surface area contributed by atoms with Gasteiger partial charge in [0.15, 0.2) is 0 Å². The van der Waals surface area contributed by atoms with Gasteiger partial charge < -0.3 is 0 Å². The van der Waals surface area contributed by atoms with Crippen LogP contribution in [0.4, 0.5) is 0 Å². The standard InChI is InChI=1S/C18H15N3OS/c1-12(22)21-17(11-16(20-21)18-5-3-9-23-18)14-6-7-15-13(10-14)4-2-8-19-15/h2-10,17H,11H2,1H3/t17-/m1/s1. The van der Waals surface area contributed by atoms with Gasteiger partial charge >= 0.3 is 0 Å². The van der Waals surface area contributed by atoms with Gasteiger partial charge in [-0.2, -0.15) is 5.10 Å². The van der Waals surface area contributed by atoms with Crippen LogP contribution in [0.25, 0.3) is 10.9 Å². The van der Waals surface area contributed by atoms with Crippen LogP contribution in [0.15, 0.2) is 59.1 Å². The molecule has 5 heteroatoms. The first-order chi connectivity index (χ1) is 11.2. The second-order valence-corrected chi connectivity index (χ2v) is 6.51. The van der Waals surface area contributed by atoms with Crippen molar-refractivity contribution in [2.45, 2.75) is 19.4 Å². The molecule has 0 aliphatic carbocycles. The number of rotatable bonds is 2. The van der Waals surface area contributed by atoms with E-state index in [0.717, 1.165) is 33.5 Å². The largest absolute Gasteiger partial charge is 0.273 e. The van der Waals surface area contributed by atoms with Crippen molar-refractivity contribution in [3.63, 3.8) is 0 Å². The molecule has 23 heavy (non-hydrogen) atoms. The fraction of sp³-hybridized carbons (Fsp3) is 0.167. The van der Waals surface area contributed by atoms with E-state index in [1.165, 1.54) is 0 Å². The van der Waals surface area contributed by atoms with Gasteiger partial charge in [0.1, 0.15) is 0 Å². The Bertz CT molecular complexity index is 902. The zero-order valence-corrected chi connectivity index (χ0v) is 13.5. The first kappa shape index (κ1) is 14.1. The second kappa shape index (κ2) is 5.59. The summed E-state index contributed by atoms with van der Waals surface area (Å²) in [4.78, 5) is 17.5. The Labute approximate surface area is 138 Å². The van der Waals surface area contributed by atoms with Crippen molar-refractivity contribution in [1.82, 2.24) is 9.99 Å². The summed E-state index contributed by atoms with van der Waals surface area (Å²) in [5.74, 6) is -0.0344. The van der Waals surface area contributed by atoms with E-state index in [0.29, 0.717) is 0 Å². The molecule has 0 radical (unpaired) electrons. The number of amides is 1. The normalized spacial score (nSPS) is 17.5. The van der Waals surface area contributed by atoms with Crippen LogP contribution in [0.1, 0.15) is 29.8 Å². The lowest BCUT2D eigenvalue weighted by molar-refractivity contribution is -0.130. The fourth-order valence-corrected chi connectivity index (χ4v) is 3.67. The highest BCUT2D eigenvalue weighted by molar-refractivity contribution is 7.12. The number of fused-ring (bicyclic) bond motifs is 1. The van der Waals surface area contributed by atoms with Crippen LogP contribution < -0.4 is 0 Å². The maximum atomic E-state index is 12.0. The molecular weight excluding hydrogens is 306 g/mol. The Balaban J connectivity index is 1.73. The molecular formula is C18H15N3OS. The maximum absolute atomic E-state index is 12.0. The third-order valence-corrected chi connectivity index (χ3v) is 4.97. The highest BCUT2D eigenvalue weighted by atomic mass is 32.1. The lowest BCUT2D eigenvalue weighted by atomic mass is 9.99. The van der Waals surface area contributed by atoms with Crippen LogP contribution in [0.2, 0.25) is 0 Å². The van der Waals surface area contributed by atoms with E-state index in [1.54, 1.807) is 29.5 Å². The van der Waals surface area contributed by atoms with Crippen molar-refractivity contribution < 1.29 is 4.79 Å². The summed E-state index contributed by atoms with van der Waals surface area (Å²) in [6, 6.07) is 14.1. The number of hydrogen-bond acceptors (Lipinski definition) is 4. The van der Waals surface area contributed by atoms with Crippen LogP contribution >= 0.6 is 11.3 Å². The van der Waals surface area contributed by atoms with Gasteiger partial charge in [-0.1, -0.05) is 18.2 Å². The van der Waals surface area contributed by atoms with Crippen molar-refractivity contribution >= 4 is 33.9 Å². The van der Waals surface area contributed by atoms with Crippen molar-refractivity contribution in [3.05, 3.63) is 64.5 Å². The summed E-state index contributed by atoms with van der Waals surface area (Å²) < 4.78 is 0. The Morgan fingerprint density at radius 2 is 2.17 bits per heavy atom. The summed E-state index contributed by atoms with van der Waals surface area (Å²) in [5.41, 5.74) is 3.03. The van der Waals surface area contributed by atoms with Crippen LogP contribution in [-0.2, 0) is 4.79 Å². The number of hydrazone groups is 1. The van der Waals surface area contributed by atoms with Crippen molar-refractivity contribution in [1.29, 1.82) is 0 Å². The van der Waals surface area contributed by atoms with E-state index >= 15 is 0 Å². The van der Waals surface area contributed by atoms with Gasteiger partial charge in [-0.15, -0.1) is 11.3 Å². The summed E-state index contributed by atoms with van der Waals surface area (Å²) in [7, 11) is 0. The molecule has 0 unspecified atom stereocenters. The van der Waals surface area contributed by atoms with Crippen LogP contribution in [0.5, 0.6) is 0 Å². The van der Waals surface area contributed by atoms with Gasteiger partial charge in [0.05, 0.1) is 22.1 Å². The second-order valence-electron chi connectivity index (χ2n) is 5.56. The fourth-order valence-electron chi connectivity index (χ4n) is 2.95. The molecule has 0 bridgehead atoms. The number of aromatic nitrogens is 1. The monoisotopic (exact) mass is 321 g/mol. The molecule has 1 amide bonds. The van der Waals surface area contributed by atoms with Crippen molar-refractivity contribution in [3.8, 4) is 0 Å². The topological polar surface area (TPSA) is 45.6 Å². The molecule has 1 aliphatic rings. The van der Waals surface area contributed by atoms with Crippen LogP contribution in [-0.4, -0.2) is 21.6 Å². The van der Waals surface area contributed by atoms with Crippen LogP contribution in [0, 0.1) is 0 Å². The lowest BCUT2D eigenvalue weighted by Gasteiger charge is -2.20. The molecule has 1 atom stereocenters. The van der Waals surface area contributed by atoms with Gasteiger partial charge in [0.2, 0.25) is 5.91 Å². The number of hydrogen-bond donors (Lipinski definition) is 0. The predicted octanol–water partition coefficient (Wildman–Crippen LogP) is 3.99. The summed E-state index contributed by atoms with van der Waals surface area (Å²) in [5, 5.41) is 9.28. The minimum atomic E-state index is -0.0470. The molecule has 1 aromatic carbocycles. The summed E-state index contributed by atoms with van der Waals surface area (Å²) in [6.45, 7) is 1.57. The molecule has 0 spiro atoms. The molecule has 4 nitrogen and oxygen atoms in total. The van der Waals surface area contributed by atoms with E-state index in [2.05, 4.69) is 22.2 Å². The Kier molecular flexibility index (Phi) is 3.42. The molecule has 0 saturated heterocycles. The van der Waals surface area contributed by atoms with Crippen molar-refractivity contribution in [2.24, 2.45) is 5.10 Å². The molecule has 2 aromatic heterocycles. The third kappa shape index (κ3) is 2.53. The highest BCUT2D eigenvalue weighted by Crippen LogP contribution is 2.34. The zero-order valence-electron chi connectivity index (χ0n) is 12.6. The van der Waals surface area contributed by atoms with Gasteiger partial charge in [0, 0.05) is 24.9 Å². The minimum absolute atomic E-state index is 0.0344. The number of carbonyl (C=O) groups excluding carboxylic acids is 1. The highest BCUT2D eigenvalue weighted by Gasteiger charge is 2.31. The summed E-state index contributed by atoms with van der Waals surface area (Å²) in [6.07, 6.45) is 2.53. The Hall–Kier alpha value is -2.53. The molecule has 3 heterocycles. The predicted molar refractivity (Wildman–Crippen MR) is 92.5 cm³/mol. The van der Waals surface area contributed by atoms with Gasteiger partial charge in [-0.3, -0.25) is 9.78 Å². The van der Waals surface area contributed by atoms with E-state index < -0.39 is 0 Å². The van der Waals surface area contributed by atoms with E-state index in [9.17, 15) is 4.79 Å². The third-order valence-electron chi connectivity index (χ3n) is 4.05. The molecule has 114 valence electrons. The van der Waals surface area contributed by atoms with Gasteiger partial charge in [-0.05, 0) is 35.2 Å². The van der Waals surface area contributed by atoms with E-state index in [4.69, 9.17) is 0 Å². The molecule has 1 aliphatic heterocycles. The molecule has 0 saturated carbocycles. The first-order valence-electron chi connectivity index (χ1n) is 7.48. The van der Waals surface area contributed by atoms with E-state index in [1.807, 2.05) is 35.7 Å². The number of thiophene rings is 1. The lowest BCUT2D eigenvalue weighted by Crippen LogP contribution is -2.24. The van der Waals surface area contributed by atoms with Gasteiger partial charge in [0.25, 0.3) is 0 Å². The molecule has 0 N–H and O–H groups in total. The average molecular weight is 321 g/mol. The number of benzene rings is 1. The number of pyridine rings is 1.